The number of rotatable bonds is 4. The Balaban J connectivity index is 1.82. The molecular formula is C19H24FN3O. The topological polar surface area (TPSA) is 68.0 Å². The lowest BCUT2D eigenvalue weighted by molar-refractivity contribution is 0.0914. The van der Waals surface area contributed by atoms with E-state index < -0.39 is 0 Å². The zero-order valence-electron chi connectivity index (χ0n) is 14.0. The van der Waals surface area contributed by atoms with E-state index in [9.17, 15) is 9.18 Å². The molecule has 1 aromatic heterocycles. The second-order valence-corrected chi connectivity index (χ2v) is 6.67. The standard InChI is InChI=1S/C19H24FN3O/c1-12-16(9-14-7-8-15(20)10-17(14)22-12)19(24)23-18(11-21)13-5-3-2-4-6-13/h7-10,13,18H,2-6,11,21H2,1H3,(H,23,24). The molecule has 5 heteroatoms. The number of hydrogen-bond acceptors (Lipinski definition) is 3. The fourth-order valence-corrected chi connectivity index (χ4v) is 3.62. The van der Waals surface area contributed by atoms with Gasteiger partial charge in [-0.15, -0.1) is 0 Å². The summed E-state index contributed by atoms with van der Waals surface area (Å²) in [6.07, 6.45) is 5.93. The Morgan fingerprint density at radius 1 is 1.33 bits per heavy atom. The van der Waals surface area contributed by atoms with Crippen LogP contribution in [0.4, 0.5) is 4.39 Å². The average molecular weight is 329 g/mol. The first-order chi connectivity index (χ1) is 11.6. The van der Waals surface area contributed by atoms with Crippen molar-refractivity contribution in [1.82, 2.24) is 10.3 Å². The fraction of sp³-hybridized carbons (Fsp3) is 0.474. The Bertz CT molecular complexity index is 741. The van der Waals surface area contributed by atoms with Crippen molar-refractivity contribution in [2.75, 3.05) is 6.54 Å². The number of aryl methyl sites for hydroxylation is 1. The second-order valence-electron chi connectivity index (χ2n) is 6.67. The molecule has 1 atom stereocenters. The maximum absolute atomic E-state index is 13.3. The number of carbonyl (C=O) groups excluding carboxylic acids is 1. The number of pyridine rings is 1. The third-order valence-electron chi connectivity index (χ3n) is 5.00. The van der Waals surface area contributed by atoms with Crippen LogP contribution in [0.5, 0.6) is 0 Å². The lowest BCUT2D eigenvalue weighted by Crippen LogP contribution is -2.46. The van der Waals surface area contributed by atoms with Crippen LogP contribution in [-0.4, -0.2) is 23.5 Å². The summed E-state index contributed by atoms with van der Waals surface area (Å²) in [5.41, 5.74) is 7.60. The van der Waals surface area contributed by atoms with E-state index in [4.69, 9.17) is 5.73 Å². The number of nitrogens with two attached hydrogens (primary N) is 1. The number of aromatic nitrogens is 1. The smallest absolute Gasteiger partial charge is 0.253 e. The Labute approximate surface area is 141 Å². The molecule has 2 aromatic rings. The van der Waals surface area contributed by atoms with Gasteiger partial charge in [-0.3, -0.25) is 9.78 Å². The highest BCUT2D eigenvalue weighted by Crippen LogP contribution is 2.26. The van der Waals surface area contributed by atoms with E-state index in [0.29, 0.717) is 29.2 Å². The maximum atomic E-state index is 13.3. The van der Waals surface area contributed by atoms with Crippen LogP contribution in [0.15, 0.2) is 24.3 Å². The first-order valence-corrected chi connectivity index (χ1v) is 8.66. The largest absolute Gasteiger partial charge is 0.348 e. The van der Waals surface area contributed by atoms with E-state index >= 15 is 0 Å². The van der Waals surface area contributed by atoms with Crippen molar-refractivity contribution in [3.63, 3.8) is 0 Å². The summed E-state index contributed by atoms with van der Waals surface area (Å²) in [5, 5.41) is 3.85. The van der Waals surface area contributed by atoms with Gasteiger partial charge in [0.1, 0.15) is 5.82 Å². The van der Waals surface area contributed by atoms with Crippen LogP contribution < -0.4 is 11.1 Å². The van der Waals surface area contributed by atoms with E-state index in [1.54, 1.807) is 19.1 Å². The molecule has 128 valence electrons. The molecule has 1 heterocycles. The third kappa shape index (κ3) is 3.56. The molecular weight excluding hydrogens is 305 g/mol. The SMILES string of the molecule is Cc1nc2cc(F)ccc2cc1C(=O)NC(CN)C1CCCCC1. The minimum absolute atomic E-state index is 0.00103. The number of halogens is 1. The molecule has 1 fully saturated rings. The number of amides is 1. The average Bonchev–Trinajstić information content (AvgIpc) is 2.59. The predicted octanol–water partition coefficient (Wildman–Crippen LogP) is 3.32. The van der Waals surface area contributed by atoms with Gasteiger partial charge in [0.15, 0.2) is 0 Å². The van der Waals surface area contributed by atoms with Crippen molar-refractivity contribution < 1.29 is 9.18 Å². The molecule has 1 amide bonds. The normalized spacial score (nSPS) is 17.0. The van der Waals surface area contributed by atoms with Gasteiger partial charge in [0, 0.05) is 24.0 Å². The van der Waals surface area contributed by atoms with E-state index in [-0.39, 0.29) is 17.8 Å². The second kappa shape index (κ2) is 7.26. The van der Waals surface area contributed by atoms with Crippen molar-refractivity contribution in [1.29, 1.82) is 0 Å². The highest BCUT2D eigenvalue weighted by Gasteiger charge is 2.25. The molecule has 0 bridgehead atoms. The van der Waals surface area contributed by atoms with Crippen LogP contribution >= 0.6 is 0 Å². The summed E-state index contributed by atoms with van der Waals surface area (Å²) in [5.74, 6) is -0.0186. The van der Waals surface area contributed by atoms with Gasteiger partial charge in [0.05, 0.1) is 16.8 Å². The Morgan fingerprint density at radius 2 is 2.08 bits per heavy atom. The Kier molecular flexibility index (Phi) is 5.09. The zero-order valence-corrected chi connectivity index (χ0v) is 14.0. The summed E-state index contributed by atoms with van der Waals surface area (Å²) in [6.45, 7) is 2.22. The number of fused-ring (bicyclic) bond motifs is 1. The molecule has 24 heavy (non-hydrogen) atoms. The van der Waals surface area contributed by atoms with Gasteiger partial charge in [0.2, 0.25) is 0 Å². The molecule has 4 nitrogen and oxygen atoms in total. The molecule has 0 saturated heterocycles. The first-order valence-electron chi connectivity index (χ1n) is 8.66. The number of carbonyl (C=O) groups is 1. The van der Waals surface area contributed by atoms with Gasteiger partial charge < -0.3 is 11.1 Å². The summed E-state index contributed by atoms with van der Waals surface area (Å²) in [7, 11) is 0. The van der Waals surface area contributed by atoms with Gasteiger partial charge >= 0.3 is 0 Å². The van der Waals surface area contributed by atoms with Crippen LogP contribution in [0.2, 0.25) is 0 Å². The van der Waals surface area contributed by atoms with Gasteiger partial charge in [-0.1, -0.05) is 19.3 Å². The fourth-order valence-electron chi connectivity index (χ4n) is 3.62. The molecule has 3 N–H and O–H groups in total. The summed E-state index contributed by atoms with van der Waals surface area (Å²) < 4.78 is 13.3. The van der Waals surface area contributed by atoms with Crippen molar-refractivity contribution >= 4 is 16.8 Å². The van der Waals surface area contributed by atoms with Gasteiger partial charge in [-0.05, 0) is 43.9 Å². The van der Waals surface area contributed by atoms with Crippen LogP contribution in [0.25, 0.3) is 10.9 Å². The molecule has 1 aromatic carbocycles. The molecule has 1 aliphatic carbocycles. The van der Waals surface area contributed by atoms with Crippen molar-refractivity contribution in [3.05, 3.63) is 41.3 Å². The maximum Gasteiger partial charge on any atom is 0.253 e. The van der Waals surface area contributed by atoms with Crippen LogP contribution in [-0.2, 0) is 0 Å². The van der Waals surface area contributed by atoms with E-state index in [1.807, 2.05) is 0 Å². The monoisotopic (exact) mass is 329 g/mol. The van der Waals surface area contributed by atoms with Crippen molar-refractivity contribution in [3.8, 4) is 0 Å². The van der Waals surface area contributed by atoms with Gasteiger partial charge in [0.25, 0.3) is 5.91 Å². The summed E-state index contributed by atoms with van der Waals surface area (Å²) >= 11 is 0. The summed E-state index contributed by atoms with van der Waals surface area (Å²) in [4.78, 5) is 17.1. The molecule has 0 radical (unpaired) electrons. The number of hydrogen-bond donors (Lipinski definition) is 2. The first kappa shape index (κ1) is 16.8. The zero-order chi connectivity index (χ0) is 17.1. The highest BCUT2D eigenvalue weighted by atomic mass is 19.1. The molecule has 3 rings (SSSR count). The van der Waals surface area contributed by atoms with Gasteiger partial charge in [-0.2, -0.15) is 0 Å². The van der Waals surface area contributed by atoms with Gasteiger partial charge in [-0.25, -0.2) is 4.39 Å². The van der Waals surface area contributed by atoms with Crippen LogP contribution in [0.3, 0.4) is 0 Å². The molecule has 1 aliphatic rings. The van der Waals surface area contributed by atoms with E-state index in [0.717, 1.165) is 18.2 Å². The van der Waals surface area contributed by atoms with Crippen molar-refractivity contribution in [2.45, 2.75) is 45.1 Å². The Hall–Kier alpha value is -2.01. The summed E-state index contributed by atoms with van der Waals surface area (Å²) in [6, 6.07) is 6.19. The van der Waals surface area contributed by atoms with Crippen molar-refractivity contribution in [2.24, 2.45) is 11.7 Å². The third-order valence-corrected chi connectivity index (χ3v) is 5.00. The molecule has 0 aliphatic heterocycles. The minimum Gasteiger partial charge on any atom is -0.348 e. The number of nitrogens with one attached hydrogen (secondary N) is 1. The predicted molar refractivity (Wildman–Crippen MR) is 93.3 cm³/mol. The Morgan fingerprint density at radius 3 is 2.79 bits per heavy atom. The molecule has 1 unspecified atom stereocenters. The van der Waals surface area contributed by atoms with E-state index in [1.165, 1.54) is 31.4 Å². The highest BCUT2D eigenvalue weighted by molar-refractivity contribution is 5.98. The quantitative estimate of drug-likeness (QED) is 0.904. The number of benzene rings is 1. The van der Waals surface area contributed by atoms with Crippen LogP contribution in [0, 0.1) is 18.7 Å². The van der Waals surface area contributed by atoms with Crippen LogP contribution in [0.1, 0.15) is 48.2 Å². The lowest BCUT2D eigenvalue weighted by atomic mass is 9.84. The minimum atomic E-state index is -0.327. The molecule has 1 saturated carbocycles. The molecule has 0 spiro atoms. The van der Waals surface area contributed by atoms with E-state index in [2.05, 4.69) is 10.3 Å². The lowest BCUT2D eigenvalue weighted by Gasteiger charge is -2.30. The number of nitrogens with zero attached hydrogens (tertiary/aromatic N) is 1.